The van der Waals surface area contributed by atoms with Gasteiger partial charge in [0.1, 0.15) is 11.5 Å². The van der Waals surface area contributed by atoms with Crippen LogP contribution in [0.15, 0.2) is 48.0 Å². The van der Waals surface area contributed by atoms with Crippen LogP contribution in [0.4, 0.5) is 13.2 Å². The number of phenols is 1. The summed E-state index contributed by atoms with van der Waals surface area (Å²) in [5, 5.41) is 18.5. The number of hydrogen-bond donors (Lipinski definition) is 2. The minimum Gasteiger partial charge on any atom is -0.508 e. The molecule has 0 aromatic heterocycles. The molecule has 0 saturated carbocycles. The molecule has 130 valence electrons. The van der Waals surface area contributed by atoms with Gasteiger partial charge in [0.25, 0.3) is 0 Å². The van der Waals surface area contributed by atoms with Gasteiger partial charge >= 0.3 is 12.1 Å². The lowest BCUT2D eigenvalue weighted by molar-refractivity contribution is -0.187. The number of carboxylic acid groups (broad SMARTS) is 1. The summed E-state index contributed by atoms with van der Waals surface area (Å²) in [7, 11) is 0. The minimum absolute atomic E-state index is 0.0232. The van der Waals surface area contributed by atoms with Gasteiger partial charge in [-0.25, -0.2) is 4.79 Å². The van der Waals surface area contributed by atoms with Crippen LogP contribution >= 0.6 is 0 Å². The molecule has 1 unspecified atom stereocenters. The number of rotatable bonds is 3. The predicted molar refractivity (Wildman–Crippen MR) is 83.4 cm³/mol. The number of fused-ring (bicyclic) bond motifs is 1. The van der Waals surface area contributed by atoms with Crippen molar-refractivity contribution in [2.24, 2.45) is 0 Å². The highest BCUT2D eigenvalue weighted by molar-refractivity contribution is 5.95. The van der Waals surface area contributed by atoms with Gasteiger partial charge in [-0.1, -0.05) is 24.3 Å². The van der Waals surface area contributed by atoms with Crippen LogP contribution in [0.1, 0.15) is 16.7 Å². The molecule has 1 atom stereocenters. The van der Waals surface area contributed by atoms with Gasteiger partial charge in [-0.3, -0.25) is 0 Å². The number of carboxylic acids is 1. The zero-order chi connectivity index (χ0) is 18.2. The molecule has 1 aliphatic heterocycles. The molecule has 4 nitrogen and oxygen atoms in total. The second-order valence-electron chi connectivity index (χ2n) is 5.66. The first-order valence-corrected chi connectivity index (χ1v) is 7.33. The van der Waals surface area contributed by atoms with Gasteiger partial charge < -0.3 is 14.9 Å². The van der Waals surface area contributed by atoms with E-state index in [4.69, 9.17) is 9.84 Å². The number of halogens is 3. The normalized spacial score (nSPS) is 16.6. The Hall–Kier alpha value is -2.96. The van der Waals surface area contributed by atoms with E-state index in [1.807, 2.05) is 0 Å². The lowest BCUT2D eigenvalue weighted by Gasteiger charge is -2.27. The average molecular weight is 350 g/mol. The van der Waals surface area contributed by atoms with E-state index >= 15 is 0 Å². The summed E-state index contributed by atoms with van der Waals surface area (Å²) in [6.45, 7) is 0. The molecule has 2 aromatic rings. The number of aromatic hydroxyl groups is 1. The molecule has 0 aliphatic carbocycles. The first-order valence-electron chi connectivity index (χ1n) is 7.33. The number of carbonyl (C=O) groups is 1. The molecular formula is C18H13F3O4. The van der Waals surface area contributed by atoms with E-state index < -0.39 is 23.8 Å². The highest BCUT2D eigenvalue weighted by Gasteiger charge is 2.48. The van der Waals surface area contributed by atoms with Crippen molar-refractivity contribution in [1.29, 1.82) is 0 Å². The van der Waals surface area contributed by atoms with Crippen molar-refractivity contribution in [2.75, 3.05) is 0 Å². The van der Waals surface area contributed by atoms with Gasteiger partial charge in [0.2, 0.25) is 6.10 Å². The van der Waals surface area contributed by atoms with Crippen molar-refractivity contribution in [3.8, 4) is 11.5 Å². The van der Waals surface area contributed by atoms with Crippen molar-refractivity contribution in [2.45, 2.75) is 18.7 Å². The van der Waals surface area contributed by atoms with Gasteiger partial charge in [-0.2, -0.15) is 13.2 Å². The van der Waals surface area contributed by atoms with Crippen LogP contribution in [0.25, 0.3) is 6.08 Å². The van der Waals surface area contributed by atoms with Crippen molar-refractivity contribution < 1.29 is 32.9 Å². The predicted octanol–water partition coefficient (Wildman–Crippen LogP) is 3.77. The van der Waals surface area contributed by atoms with Crippen LogP contribution in [0, 0.1) is 0 Å². The molecule has 1 aliphatic rings. The zero-order valence-corrected chi connectivity index (χ0v) is 12.7. The van der Waals surface area contributed by atoms with Gasteiger partial charge in [-0.15, -0.1) is 0 Å². The molecule has 2 aromatic carbocycles. The molecule has 0 fully saturated rings. The summed E-state index contributed by atoms with van der Waals surface area (Å²) in [6.07, 6.45) is -5.97. The molecule has 7 heteroatoms. The zero-order valence-electron chi connectivity index (χ0n) is 12.7. The summed E-state index contributed by atoms with van der Waals surface area (Å²) in [5.41, 5.74) is 0.889. The number of aliphatic carboxylic acids is 1. The Morgan fingerprint density at radius 3 is 2.48 bits per heavy atom. The number of ether oxygens (including phenoxy) is 1. The van der Waals surface area contributed by atoms with E-state index in [-0.39, 0.29) is 17.1 Å². The number of benzene rings is 2. The SMILES string of the molecule is O=C(O)C1=Cc2ccc(Cc3cccc(O)c3)cc2OC1C(F)(F)F. The largest absolute Gasteiger partial charge is 0.508 e. The third-order valence-electron chi connectivity index (χ3n) is 3.78. The first-order chi connectivity index (χ1) is 11.7. The molecule has 25 heavy (non-hydrogen) atoms. The molecule has 3 rings (SSSR count). The van der Waals surface area contributed by atoms with Gasteiger partial charge in [0, 0.05) is 5.56 Å². The Labute approximate surface area is 140 Å². The maximum Gasteiger partial charge on any atom is 0.430 e. The van der Waals surface area contributed by atoms with Crippen LogP contribution in [0.3, 0.4) is 0 Å². The Bertz CT molecular complexity index is 856. The van der Waals surface area contributed by atoms with Crippen molar-refractivity contribution in [1.82, 2.24) is 0 Å². The molecule has 0 bridgehead atoms. The minimum atomic E-state index is -4.83. The summed E-state index contributed by atoms with van der Waals surface area (Å²) in [6, 6.07) is 11.2. The van der Waals surface area contributed by atoms with Crippen molar-refractivity contribution in [3.63, 3.8) is 0 Å². The van der Waals surface area contributed by atoms with Crippen molar-refractivity contribution in [3.05, 3.63) is 64.7 Å². The smallest absolute Gasteiger partial charge is 0.430 e. The average Bonchev–Trinajstić information content (AvgIpc) is 2.52. The van der Waals surface area contributed by atoms with E-state index in [2.05, 4.69) is 0 Å². The third kappa shape index (κ3) is 3.60. The maximum atomic E-state index is 13.1. The van der Waals surface area contributed by atoms with E-state index in [0.29, 0.717) is 12.0 Å². The summed E-state index contributed by atoms with van der Waals surface area (Å²) in [4.78, 5) is 11.1. The Morgan fingerprint density at radius 1 is 1.12 bits per heavy atom. The Balaban J connectivity index is 1.94. The summed E-state index contributed by atoms with van der Waals surface area (Å²) < 4.78 is 44.2. The lowest BCUT2D eigenvalue weighted by Crippen LogP contribution is -2.40. The van der Waals surface area contributed by atoms with Gasteiger partial charge in [0.05, 0.1) is 5.57 Å². The molecule has 0 amide bonds. The van der Waals surface area contributed by atoms with Crippen LogP contribution in [-0.2, 0) is 11.2 Å². The fraction of sp³-hybridized carbons (Fsp3) is 0.167. The van der Waals surface area contributed by atoms with Crippen LogP contribution in [-0.4, -0.2) is 28.5 Å². The second kappa shape index (κ2) is 6.16. The number of phenolic OH excluding ortho intramolecular Hbond substituents is 1. The number of alkyl halides is 3. The van der Waals surface area contributed by atoms with Gasteiger partial charge in [0.15, 0.2) is 0 Å². The summed E-state index contributed by atoms with van der Waals surface area (Å²) >= 11 is 0. The van der Waals surface area contributed by atoms with E-state index in [1.54, 1.807) is 24.3 Å². The highest BCUT2D eigenvalue weighted by Crippen LogP contribution is 2.38. The molecular weight excluding hydrogens is 337 g/mol. The van der Waals surface area contributed by atoms with E-state index in [1.165, 1.54) is 18.2 Å². The number of hydrogen-bond acceptors (Lipinski definition) is 3. The Kier molecular flexibility index (Phi) is 4.16. The second-order valence-corrected chi connectivity index (χ2v) is 5.66. The highest BCUT2D eigenvalue weighted by atomic mass is 19.4. The standard InChI is InChI=1S/C18H13F3O4/c19-18(20,21)16-14(17(23)24)9-12-5-4-11(8-15(12)25-16)6-10-2-1-3-13(22)7-10/h1-5,7-9,16,22H,6H2,(H,23,24). The topological polar surface area (TPSA) is 66.8 Å². The van der Waals surface area contributed by atoms with Gasteiger partial charge in [-0.05, 0) is 41.8 Å². The quantitative estimate of drug-likeness (QED) is 0.884. The van der Waals surface area contributed by atoms with Crippen LogP contribution in [0.2, 0.25) is 0 Å². The molecule has 1 heterocycles. The van der Waals surface area contributed by atoms with Crippen molar-refractivity contribution >= 4 is 12.0 Å². The first kappa shape index (κ1) is 16.9. The van der Waals surface area contributed by atoms with E-state index in [0.717, 1.165) is 11.6 Å². The lowest BCUT2D eigenvalue weighted by atomic mass is 9.98. The summed E-state index contributed by atoms with van der Waals surface area (Å²) in [5.74, 6) is -1.60. The maximum absolute atomic E-state index is 13.1. The van der Waals surface area contributed by atoms with E-state index in [9.17, 15) is 23.1 Å². The molecule has 2 N–H and O–H groups in total. The molecule has 0 spiro atoms. The van der Waals surface area contributed by atoms with Crippen LogP contribution < -0.4 is 4.74 Å². The monoisotopic (exact) mass is 350 g/mol. The molecule has 0 radical (unpaired) electrons. The Morgan fingerprint density at radius 2 is 1.84 bits per heavy atom. The van der Waals surface area contributed by atoms with Crippen LogP contribution in [0.5, 0.6) is 11.5 Å². The fourth-order valence-electron chi connectivity index (χ4n) is 2.66. The third-order valence-corrected chi connectivity index (χ3v) is 3.78. The fourth-order valence-corrected chi connectivity index (χ4v) is 2.66. The molecule has 0 saturated heterocycles.